The zero-order valence-corrected chi connectivity index (χ0v) is 8.43. The predicted molar refractivity (Wildman–Crippen MR) is 50.9 cm³/mol. The van der Waals surface area contributed by atoms with Crippen molar-refractivity contribution in [1.82, 2.24) is 9.80 Å². The summed E-state index contributed by atoms with van der Waals surface area (Å²) in [5.74, 6) is 0.0716. The number of carbonyl (C=O) groups is 2. The molecular formula is C10H14N2O3. The number of rotatable bonds is 0. The Bertz CT molecular complexity index is 301. The van der Waals surface area contributed by atoms with E-state index in [2.05, 4.69) is 0 Å². The van der Waals surface area contributed by atoms with Crippen LogP contribution in [-0.4, -0.2) is 58.0 Å². The molecule has 2 amide bonds. The molecular weight excluding hydrogens is 196 g/mol. The molecule has 0 unspecified atom stereocenters. The molecule has 0 spiro atoms. The average molecular weight is 210 g/mol. The lowest BCUT2D eigenvalue weighted by molar-refractivity contribution is -0.156. The number of aliphatic hydroxyl groups is 1. The van der Waals surface area contributed by atoms with Crippen molar-refractivity contribution in [2.24, 2.45) is 0 Å². The van der Waals surface area contributed by atoms with Crippen molar-refractivity contribution in [3.63, 3.8) is 0 Å². The lowest BCUT2D eigenvalue weighted by Crippen LogP contribution is -2.60. The number of carbonyl (C=O) groups excluding carboxylic acids is 2. The molecule has 3 rings (SSSR count). The van der Waals surface area contributed by atoms with Crippen molar-refractivity contribution in [3.05, 3.63) is 0 Å². The first-order chi connectivity index (χ1) is 7.18. The Balaban J connectivity index is 1.93. The zero-order valence-electron chi connectivity index (χ0n) is 8.43. The molecule has 3 saturated heterocycles. The van der Waals surface area contributed by atoms with Gasteiger partial charge in [-0.25, -0.2) is 0 Å². The second-order valence-corrected chi connectivity index (χ2v) is 4.59. The van der Waals surface area contributed by atoms with Gasteiger partial charge in [-0.15, -0.1) is 0 Å². The third-order valence-electron chi connectivity index (χ3n) is 3.67. The molecule has 1 N–H and O–H groups in total. The van der Waals surface area contributed by atoms with Crippen LogP contribution in [0.5, 0.6) is 0 Å². The van der Waals surface area contributed by atoms with E-state index in [4.69, 9.17) is 0 Å². The van der Waals surface area contributed by atoms with Crippen molar-refractivity contribution in [2.75, 3.05) is 13.1 Å². The van der Waals surface area contributed by atoms with Crippen molar-refractivity contribution >= 4 is 11.8 Å². The molecule has 0 bridgehead atoms. The Kier molecular flexibility index (Phi) is 1.80. The molecule has 3 heterocycles. The highest BCUT2D eigenvalue weighted by atomic mass is 16.3. The van der Waals surface area contributed by atoms with Gasteiger partial charge in [0.15, 0.2) is 0 Å². The van der Waals surface area contributed by atoms with Crippen molar-refractivity contribution in [3.8, 4) is 0 Å². The first-order valence-electron chi connectivity index (χ1n) is 5.47. The lowest BCUT2D eigenvalue weighted by Gasteiger charge is -2.38. The minimum Gasteiger partial charge on any atom is -0.391 e. The summed E-state index contributed by atoms with van der Waals surface area (Å²) in [6.07, 6.45) is 1.59. The summed E-state index contributed by atoms with van der Waals surface area (Å²) in [6, 6.07) is -0.624. The van der Waals surface area contributed by atoms with E-state index in [-0.39, 0.29) is 23.9 Å². The first kappa shape index (κ1) is 9.15. The van der Waals surface area contributed by atoms with Crippen molar-refractivity contribution in [2.45, 2.75) is 37.5 Å². The summed E-state index contributed by atoms with van der Waals surface area (Å²) in [5.41, 5.74) is 0. The van der Waals surface area contributed by atoms with Gasteiger partial charge >= 0.3 is 0 Å². The van der Waals surface area contributed by atoms with E-state index in [0.29, 0.717) is 19.5 Å². The molecule has 3 fully saturated rings. The molecule has 82 valence electrons. The first-order valence-corrected chi connectivity index (χ1v) is 5.47. The number of amides is 2. The monoisotopic (exact) mass is 210 g/mol. The van der Waals surface area contributed by atoms with Crippen LogP contribution in [0.1, 0.15) is 19.3 Å². The Labute approximate surface area is 87.6 Å². The number of hydrogen-bond acceptors (Lipinski definition) is 3. The molecule has 0 aliphatic carbocycles. The van der Waals surface area contributed by atoms with Crippen LogP contribution in [0.3, 0.4) is 0 Å². The lowest BCUT2D eigenvalue weighted by atomic mass is 10.1. The molecule has 0 radical (unpaired) electrons. The number of fused-ring (bicyclic) bond motifs is 2. The van der Waals surface area contributed by atoms with E-state index in [1.807, 2.05) is 0 Å². The van der Waals surface area contributed by atoms with Crippen LogP contribution in [0.4, 0.5) is 0 Å². The quantitative estimate of drug-likeness (QED) is 0.555. The van der Waals surface area contributed by atoms with Crippen LogP contribution in [0.25, 0.3) is 0 Å². The van der Waals surface area contributed by atoms with E-state index >= 15 is 0 Å². The summed E-state index contributed by atoms with van der Waals surface area (Å²) in [4.78, 5) is 27.3. The Morgan fingerprint density at radius 2 is 1.87 bits per heavy atom. The second-order valence-electron chi connectivity index (χ2n) is 4.59. The van der Waals surface area contributed by atoms with Crippen molar-refractivity contribution < 1.29 is 14.7 Å². The maximum absolute atomic E-state index is 12.0. The normalized spacial score (nSPS) is 39.7. The van der Waals surface area contributed by atoms with Crippen LogP contribution in [0.15, 0.2) is 0 Å². The van der Waals surface area contributed by atoms with E-state index in [9.17, 15) is 14.7 Å². The SMILES string of the molecule is O=C1[C@@H]2C[C@H](O)CN2C(=O)[C@H]2CCCN12. The molecule has 3 aliphatic heterocycles. The van der Waals surface area contributed by atoms with E-state index in [0.717, 1.165) is 12.8 Å². The molecule has 0 aromatic carbocycles. The smallest absolute Gasteiger partial charge is 0.246 e. The number of aliphatic hydroxyl groups excluding tert-OH is 1. The Morgan fingerprint density at radius 1 is 1.13 bits per heavy atom. The fraction of sp³-hybridized carbons (Fsp3) is 0.800. The van der Waals surface area contributed by atoms with Crippen LogP contribution >= 0.6 is 0 Å². The highest BCUT2D eigenvalue weighted by Gasteiger charge is 2.51. The maximum Gasteiger partial charge on any atom is 0.246 e. The third kappa shape index (κ3) is 1.13. The Morgan fingerprint density at radius 3 is 2.67 bits per heavy atom. The van der Waals surface area contributed by atoms with Gasteiger partial charge in [-0.2, -0.15) is 0 Å². The van der Waals surface area contributed by atoms with Gasteiger partial charge in [-0.05, 0) is 12.8 Å². The maximum atomic E-state index is 12.0. The number of nitrogens with zero attached hydrogens (tertiary/aromatic N) is 2. The Hall–Kier alpha value is -1.10. The highest BCUT2D eigenvalue weighted by Crippen LogP contribution is 2.31. The van der Waals surface area contributed by atoms with Gasteiger partial charge in [0.1, 0.15) is 12.1 Å². The summed E-state index contributed by atoms with van der Waals surface area (Å²) >= 11 is 0. The highest BCUT2D eigenvalue weighted by molar-refractivity contribution is 5.98. The molecule has 0 aromatic rings. The third-order valence-corrected chi connectivity index (χ3v) is 3.67. The molecule has 5 nitrogen and oxygen atoms in total. The van der Waals surface area contributed by atoms with E-state index in [1.54, 1.807) is 9.80 Å². The molecule has 3 atom stereocenters. The molecule has 3 aliphatic rings. The topological polar surface area (TPSA) is 60.9 Å². The van der Waals surface area contributed by atoms with Gasteiger partial charge in [0.25, 0.3) is 0 Å². The number of piperazine rings is 1. The van der Waals surface area contributed by atoms with Gasteiger partial charge in [-0.1, -0.05) is 0 Å². The van der Waals surface area contributed by atoms with Crippen LogP contribution < -0.4 is 0 Å². The van der Waals surface area contributed by atoms with Gasteiger partial charge in [0.2, 0.25) is 11.8 Å². The zero-order chi connectivity index (χ0) is 10.6. The minimum atomic E-state index is -0.525. The summed E-state index contributed by atoms with van der Waals surface area (Å²) < 4.78 is 0. The van der Waals surface area contributed by atoms with Gasteiger partial charge in [0.05, 0.1) is 6.10 Å². The van der Waals surface area contributed by atoms with Crippen LogP contribution in [-0.2, 0) is 9.59 Å². The minimum absolute atomic E-state index is 0.0358. The van der Waals surface area contributed by atoms with Gasteiger partial charge in [0, 0.05) is 19.5 Å². The summed E-state index contributed by atoms with van der Waals surface area (Å²) in [7, 11) is 0. The molecule has 0 saturated carbocycles. The largest absolute Gasteiger partial charge is 0.391 e. The van der Waals surface area contributed by atoms with Crippen LogP contribution in [0.2, 0.25) is 0 Å². The van der Waals surface area contributed by atoms with Gasteiger partial charge in [-0.3, -0.25) is 9.59 Å². The second kappa shape index (κ2) is 2.95. The summed E-state index contributed by atoms with van der Waals surface area (Å²) in [5, 5.41) is 9.49. The fourth-order valence-electron chi connectivity index (χ4n) is 2.96. The molecule has 5 heteroatoms. The van der Waals surface area contributed by atoms with Crippen molar-refractivity contribution in [1.29, 1.82) is 0 Å². The molecule has 15 heavy (non-hydrogen) atoms. The standard InChI is InChI=1S/C10H14N2O3/c13-6-4-8-10(15)11-3-1-2-7(11)9(14)12(8)5-6/h6-8,13H,1-5H2/t6-,7+,8-/m0/s1. The van der Waals surface area contributed by atoms with E-state index < -0.39 is 6.10 Å². The van der Waals surface area contributed by atoms with Gasteiger partial charge < -0.3 is 14.9 Å². The van der Waals surface area contributed by atoms with Crippen LogP contribution in [0, 0.1) is 0 Å². The fourth-order valence-corrected chi connectivity index (χ4v) is 2.96. The number of hydrogen-bond donors (Lipinski definition) is 1. The average Bonchev–Trinajstić information content (AvgIpc) is 2.79. The van der Waals surface area contributed by atoms with E-state index in [1.165, 1.54) is 0 Å². The molecule has 0 aromatic heterocycles. The summed E-state index contributed by atoms with van der Waals surface area (Å²) in [6.45, 7) is 1.04. The predicted octanol–water partition coefficient (Wildman–Crippen LogP) is -1.05.